The number of carbonyl (C=O) groups is 4. The Hall–Kier alpha value is -6.27. The number of likely N-dealkylation sites (tertiary alicyclic amines) is 1. The first-order chi connectivity index (χ1) is 30.0. The van der Waals surface area contributed by atoms with Crippen molar-refractivity contribution in [2.45, 2.75) is 71.6 Å². The second kappa shape index (κ2) is 15.8. The first kappa shape index (κ1) is 42.1. The molecule has 0 radical (unpaired) electrons. The van der Waals surface area contributed by atoms with Gasteiger partial charge in [0.25, 0.3) is 11.8 Å². The maximum atomic E-state index is 15.1. The summed E-state index contributed by atoms with van der Waals surface area (Å²) in [6, 6.07) is 20.1. The van der Waals surface area contributed by atoms with Crippen molar-refractivity contribution < 1.29 is 28.3 Å². The molecule has 3 aromatic carbocycles. The molecular formula is C48H53FN8O6. The topological polar surface area (TPSA) is 180 Å². The number of hydrogen-bond acceptors (Lipinski definition) is 10. The summed E-state index contributed by atoms with van der Waals surface area (Å²) in [7, 11) is 0. The van der Waals surface area contributed by atoms with Crippen LogP contribution in [0.15, 0.2) is 71.5 Å². The fourth-order valence-electron chi connectivity index (χ4n) is 11.2. The van der Waals surface area contributed by atoms with Crippen LogP contribution in [0.4, 0.5) is 15.8 Å². The normalized spacial score (nSPS) is 23.8. The fourth-order valence-corrected chi connectivity index (χ4v) is 11.2. The summed E-state index contributed by atoms with van der Waals surface area (Å²) in [4.78, 5) is 71.6. The largest absolute Gasteiger partial charge is 0.488 e. The summed E-state index contributed by atoms with van der Waals surface area (Å²) in [6.45, 7) is 15.1. The number of nitriles is 1. The summed E-state index contributed by atoms with van der Waals surface area (Å²) in [6.07, 6.45) is 2.10. The third-order valence-electron chi connectivity index (χ3n) is 14.4. The van der Waals surface area contributed by atoms with E-state index in [0.717, 1.165) is 70.0 Å². The smallest absolute Gasteiger partial charge is 0.254 e. The summed E-state index contributed by atoms with van der Waals surface area (Å²) in [5, 5.41) is 18.3. The molecule has 5 fully saturated rings. The molecule has 4 aliphatic heterocycles. The van der Waals surface area contributed by atoms with Crippen molar-refractivity contribution in [3.63, 3.8) is 0 Å². The molecule has 0 unspecified atom stereocenters. The number of benzene rings is 3. The van der Waals surface area contributed by atoms with E-state index in [9.17, 15) is 29.2 Å². The molecule has 1 aromatic heterocycles. The van der Waals surface area contributed by atoms with Crippen molar-refractivity contribution in [2.24, 2.45) is 22.2 Å². The molecule has 4 saturated heterocycles. The Kier molecular flexibility index (Phi) is 10.6. The maximum Gasteiger partial charge on any atom is 0.254 e. The predicted octanol–water partition coefficient (Wildman–Crippen LogP) is 4.72. The number of anilines is 2. The van der Waals surface area contributed by atoms with Crippen LogP contribution < -0.4 is 36.0 Å². The zero-order valence-electron chi connectivity index (χ0n) is 36.1. The van der Waals surface area contributed by atoms with Gasteiger partial charge in [-0.1, -0.05) is 27.7 Å². The van der Waals surface area contributed by atoms with E-state index in [4.69, 9.17) is 4.74 Å². The van der Waals surface area contributed by atoms with Crippen molar-refractivity contribution in [2.75, 3.05) is 55.6 Å². The summed E-state index contributed by atoms with van der Waals surface area (Å²) in [5.74, 6) is -1.25. The Morgan fingerprint density at radius 3 is 2.24 bits per heavy atom. The van der Waals surface area contributed by atoms with Gasteiger partial charge >= 0.3 is 0 Å². The molecule has 0 bridgehead atoms. The van der Waals surface area contributed by atoms with Gasteiger partial charge in [-0.05, 0) is 85.3 Å². The number of fused-ring (bicyclic) bond motifs is 1. The molecule has 1 atom stereocenters. The Morgan fingerprint density at radius 1 is 0.873 bits per heavy atom. The number of carbonyl (C=O) groups excluding carboxylic acids is 4. The highest BCUT2D eigenvalue weighted by atomic mass is 19.1. The number of nitrogens with zero attached hydrogens (tertiary/aromatic N) is 4. The van der Waals surface area contributed by atoms with Crippen molar-refractivity contribution in [1.29, 1.82) is 5.26 Å². The van der Waals surface area contributed by atoms with Gasteiger partial charge in [0.05, 0.1) is 16.6 Å². The minimum absolute atomic E-state index is 0.126. The number of nitrogens with one attached hydrogen (secondary N) is 4. The molecule has 63 heavy (non-hydrogen) atoms. The Morgan fingerprint density at radius 2 is 1.57 bits per heavy atom. The van der Waals surface area contributed by atoms with Crippen molar-refractivity contribution in [3.8, 4) is 11.8 Å². The van der Waals surface area contributed by atoms with Crippen LogP contribution in [-0.2, 0) is 9.59 Å². The molecule has 4 aromatic rings. The molecule has 5 aliphatic rings. The highest BCUT2D eigenvalue weighted by molar-refractivity contribution is 6.04. The molecule has 1 saturated carbocycles. The van der Waals surface area contributed by atoms with Crippen LogP contribution in [0.3, 0.4) is 0 Å². The van der Waals surface area contributed by atoms with Crippen molar-refractivity contribution in [3.05, 3.63) is 99.6 Å². The minimum Gasteiger partial charge on any atom is -0.488 e. The van der Waals surface area contributed by atoms with Gasteiger partial charge in [0.15, 0.2) is 0 Å². The van der Waals surface area contributed by atoms with Crippen LogP contribution in [-0.4, -0.2) is 97.5 Å². The number of hydrogen-bond donors (Lipinski definition) is 4. The number of imide groups is 1. The third-order valence-corrected chi connectivity index (χ3v) is 14.4. The van der Waals surface area contributed by atoms with E-state index in [2.05, 4.69) is 69.4 Å². The number of aromatic amines is 1. The molecule has 328 valence electrons. The van der Waals surface area contributed by atoms with Gasteiger partial charge in [-0.25, -0.2) is 4.39 Å². The zero-order chi connectivity index (χ0) is 44.4. The van der Waals surface area contributed by atoms with E-state index in [0.29, 0.717) is 33.7 Å². The average molecular weight is 857 g/mol. The first-order valence-corrected chi connectivity index (χ1v) is 21.8. The lowest BCUT2D eigenvalue weighted by Gasteiger charge is -2.63. The van der Waals surface area contributed by atoms with Crippen LogP contribution >= 0.6 is 0 Å². The number of H-pyrrole nitrogens is 1. The van der Waals surface area contributed by atoms with Gasteiger partial charge in [-0.15, -0.1) is 0 Å². The molecular weight excluding hydrogens is 804 g/mol. The van der Waals surface area contributed by atoms with E-state index < -0.39 is 34.5 Å². The van der Waals surface area contributed by atoms with E-state index in [1.807, 2.05) is 24.3 Å². The molecule has 1 spiro atoms. The monoisotopic (exact) mass is 856 g/mol. The number of amides is 4. The highest BCUT2D eigenvalue weighted by Crippen LogP contribution is 2.56. The highest BCUT2D eigenvalue weighted by Gasteiger charge is 2.64. The predicted molar refractivity (Wildman–Crippen MR) is 235 cm³/mol. The van der Waals surface area contributed by atoms with Crippen LogP contribution in [0, 0.1) is 39.3 Å². The molecule has 5 heterocycles. The Bertz CT molecular complexity index is 2580. The molecule has 1 aliphatic carbocycles. The van der Waals surface area contributed by atoms with E-state index >= 15 is 4.39 Å². The lowest BCUT2D eigenvalue weighted by Crippen LogP contribution is -2.74. The zero-order valence-corrected chi connectivity index (χ0v) is 36.1. The first-order valence-electron chi connectivity index (χ1n) is 21.8. The number of pyridine rings is 1. The van der Waals surface area contributed by atoms with Gasteiger partial charge in [0.2, 0.25) is 17.4 Å². The number of piperidine rings is 2. The standard InChI is InChI=1S/C48H53FN8O6/c1-46(2)44(47(3,4)45(46)63-37-14-7-30(22-50)40-34(37)12-15-38(58)52-40)54-41(60)29-5-8-31(9-6-29)57-24-28(25-57)23-55-26-48(27-55)17-19-56(20-18-48)32-10-11-33(35(49)21-32)42(61)51-36-13-16-39(59)53-43(36)62/h5-12,14-15,21,28,36,44-45H,13,16-20,23-27H2,1-4H3,(H,51,61)(H,52,58)(H,54,60)(H,53,59,62)/t36-,44?,45?/m0/s1. The lowest BCUT2D eigenvalue weighted by atomic mass is 9.49. The molecule has 4 amide bonds. The number of aromatic nitrogens is 1. The van der Waals surface area contributed by atoms with Gasteiger partial charge in [-0.2, -0.15) is 5.26 Å². The summed E-state index contributed by atoms with van der Waals surface area (Å²) < 4.78 is 21.7. The van der Waals surface area contributed by atoms with Crippen molar-refractivity contribution in [1.82, 2.24) is 25.8 Å². The Balaban J connectivity index is 0.712. The Labute approximate surface area is 365 Å². The van der Waals surface area contributed by atoms with Gasteiger partial charge < -0.3 is 35.1 Å². The second-order valence-electron chi connectivity index (χ2n) is 19.5. The molecule has 9 rings (SSSR count). The molecule has 4 N–H and O–H groups in total. The van der Waals surface area contributed by atoms with E-state index in [1.54, 1.807) is 24.3 Å². The minimum atomic E-state index is -0.863. The SMILES string of the molecule is CC1(C)C(NC(=O)c2ccc(N3CC(CN4CC5(CCN(c6ccc(C(=O)N[C@H]7CCC(=O)NC7=O)c(F)c6)CC5)C4)C3)cc2)C(C)(C)C1Oc1ccc(C#N)c2[nH]c(=O)ccc12. The fraction of sp³-hybridized carbons (Fsp3) is 0.458. The summed E-state index contributed by atoms with van der Waals surface area (Å²) >= 11 is 0. The van der Waals surface area contributed by atoms with Crippen LogP contribution in [0.25, 0.3) is 10.9 Å². The number of ether oxygens (including phenoxy) is 1. The van der Waals surface area contributed by atoms with Crippen LogP contribution in [0.1, 0.15) is 79.7 Å². The third kappa shape index (κ3) is 7.79. The molecule has 14 nitrogen and oxygen atoms in total. The summed E-state index contributed by atoms with van der Waals surface area (Å²) in [5.41, 5.74) is 2.28. The molecule has 15 heteroatoms. The van der Waals surface area contributed by atoms with Gasteiger partial charge in [0, 0.05) is 103 Å². The number of rotatable bonds is 10. The maximum absolute atomic E-state index is 15.1. The van der Waals surface area contributed by atoms with Crippen molar-refractivity contribution >= 4 is 45.9 Å². The lowest BCUT2D eigenvalue weighted by molar-refractivity contribution is -0.163. The van der Waals surface area contributed by atoms with Gasteiger partial charge in [-0.3, -0.25) is 29.3 Å². The quantitative estimate of drug-likeness (QED) is 0.163. The van der Waals surface area contributed by atoms with Gasteiger partial charge in [0.1, 0.15) is 29.8 Å². The number of halogens is 1. The van der Waals surface area contributed by atoms with Crippen LogP contribution in [0.2, 0.25) is 0 Å². The van der Waals surface area contributed by atoms with E-state index in [1.165, 1.54) is 18.2 Å². The average Bonchev–Trinajstić information content (AvgIpc) is 3.23. The van der Waals surface area contributed by atoms with E-state index in [-0.39, 0.29) is 53.3 Å². The van der Waals surface area contributed by atoms with Crippen LogP contribution in [0.5, 0.6) is 5.75 Å². The second-order valence-corrected chi connectivity index (χ2v) is 19.5.